The van der Waals surface area contributed by atoms with E-state index in [1.54, 1.807) is 46.1 Å². The largest absolute Gasteiger partial charge is 0.313 e. The number of sulfonamides is 1. The minimum atomic E-state index is -3.64. The Labute approximate surface area is 174 Å². The minimum Gasteiger partial charge on any atom is -0.313 e. The molecule has 0 aliphatic carbocycles. The van der Waals surface area contributed by atoms with Crippen LogP contribution in [0.3, 0.4) is 0 Å². The highest BCUT2D eigenvalue weighted by molar-refractivity contribution is 7.92. The highest BCUT2D eigenvalue weighted by atomic mass is 32.2. The molecule has 2 aromatic carbocycles. The lowest BCUT2D eigenvalue weighted by Crippen LogP contribution is -2.31. The molecule has 1 aromatic heterocycles. The second-order valence-electron chi connectivity index (χ2n) is 7.25. The van der Waals surface area contributed by atoms with Crippen molar-refractivity contribution in [3.63, 3.8) is 0 Å². The number of anilines is 1. The first-order chi connectivity index (χ1) is 14.1. The van der Waals surface area contributed by atoms with Crippen LogP contribution in [0.15, 0.2) is 76.7 Å². The second-order valence-corrected chi connectivity index (χ2v) is 10.0. The van der Waals surface area contributed by atoms with E-state index in [4.69, 9.17) is 0 Å². The van der Waals surface area contributed by atoms with Crippen molar-refractivity contribution < 1.29 is 8.42 Å². The van der Waals surface area contributed by atoms with Gasteiger partial charge in [0.1, 0.15) is 5.01 Å². The van der Waals surface area contributed by atoms with Gasteiger partial charge >= 0.3 is 0 Å². The van der Waals surface area contributed by atoms with E-state index in [0.29, 0.717) is 11.4 Å². The highest BCUT2D eigenvalue weighted by Gasteiger charge is 2.38. The van der Waals surface area contributed by atoms with Gasteiger partial charge in [-0.1, -0.05) is 42.0 Å². The van der Waals surface area contributed by atoms with Crippen molar-refractivity contribution in [3.05, 3.63) is 77.3 Å². The predicted molar refractivity (Wildman–Crippen MR) is 117 cm³/mol. The molecule has 3 aromatic rings. The van der Waals surface area contributed by atoms with Gasteiger partial charge in [-0.25, -0.2) is 13.4 Å². The van der Waals surface area contributed by atoms with E-state index in [-0.39, 0.29) is 5.92 Å². The summed E-state index contributed by atoms with van der Waals surface area (Å²) in [7, 11) is -3.64. The van der Waals surface area contributed by atoms with Crippen LogP contribution in [0.1, 0.15) is 17.9 Å². The summed E-state index contributed by atoms with van der Waals surface area (Å²) in [5.41, 5.74) is 4.12. The van der Waals surface area contributed by atoms with E-state index in [9.17, 15) is 8.42 Å². The zero-order valence-corrected chi connectivity index (χ0v) is 17.4. The van der Waals surface area contributed by atoms with Gasteiger partial charge in [0.05, 0.1) is 10.6 Å². The maximum atomic E-state index is 13.5. The average Bonchev–Trinajstić information content (AvgIpc) is 3.43. The lowest BCUT2D eigenvalue weighted by Gasteiger charge is -2.22. The van der Waals surface area contributed by atoms with E-state index >= 15 is 0 Å². The molecule has 5 nitrogen and oxygen atoms in total. The lowest BCUT2D eigenvalue weighted by molar-refractivity contribution is 0.589. The number of hydrogen-bond donors (Lipinski definition) is 1. The van der Waals surface area contributed by atoms with Crippen molar-refractivity contribution in [3.8, 4) is 10.6 Å². The van der Waals surface area contributed by atoms with Crippen LogP contribution in [0.4, 0.5) is 5.69 Å². The molecule has 2 aliphatic heterocycles. The molecule has 5 rings (SSSR count). The van der Waals surface area contributed by atoms with Crippen molar-refractivity contribution >= 4 is 27.0 Å². The molecule has 0 spiro atoms. The number of rotatable bonds is 4. The topological polar surface area (TPSA) is 62.3 Å². The van der Waals surface area contributed by atoms with Crippen LogP contribution in [-0.2, 0) is 10.0 Å². The molecular formula is C22H21N3O2S2. The fourth-order valence-electron chi connectivity index (χ4n) is 4.14. The molecule has 1 unspecified atom stereocenters. The fourth-order valence-corrected chi connectivity index (χ4v) is 6.29. The lowest BCUT2D eigenvalue weighted by atomic mass is 9.89. The summed E-state index contributed by atoms with van der Waals surface area (Å²) in [6, 6.07) is 14.8. The standard InChI is InChI=1S/C22H21N3O2S2/c26-29(27,18-4-2-1-3-5-18)25-15-20(16-8-10-23-11-9-16)19-7-6-17(14-21(19)25)22-24-12-13-28-22/h1-8,12-14,20,23H,9-11,15H2. The summed E-state index contributed by atoms with van der Waals surface area (Å²) in [6.07, 6.45) is 4.93. The first kappa shape index (κ1) is 18.5. The summed E-state index contributed by atoms with van der Waals surface area (Å²) in [5.74, 6) is 0.0935. The Bertz CT molecular complexity index is 1160. The SMILES string of the molecule is O=S(=O)(c1ccccc1)N1CC(C2=CCNCC2)c2ccc(-c3nccs3)cc21. The number of nitrogens with zero attached hydrogens (tertiary/aromatic N) is 2. The molecule has 2 aliphatic rings. The van der Waals surface area contributed by atoms with E-state index < -0.39 is 10.0 Å². The monoisotopic (exact) mass is 423 g/mol. The summed E-state index contributed by atoms with van der Waals surface area (Å²) in [4.78, 5) is 4.72. The Kier molecular flexibility index (Phi) is 4.73. The smallest absolute Gasteiger partial charge is 0.264 e. The van der Waals surface area contributed by atoms with Crippen LogP contribution in [-0.4, -0.2) is 33.0 Å². The van der Waals surface area contributed by atoms with E-state index in [1.807, 2.05) is 17.5 Å². The van der Waals surface area contributed by atoms with E-state index in [1.165, 1.54) is 5.57 Å². The maximum Gasteiger partial charge on any atom is 0.264 e. The van der Waals surface area contributed by atoms with Crippen LogP contribution < -0.4 is 9.62 Å². The molecule has 0 radical (unpaired) electrons. The summed E-state index contributed by atoms with van der Waals surface area (Å²) in [5, 5.41) is 6.17. The van der Waals surface area contributed by atoms with Gasteiger partial charge in [-0.15, -0.1) is 11.3 Å². The molecule has 1 atom stereocenters. The third-order valence-electron chi connectivity index (χ3n) is 5.58. The van der Waals surface area contributed by atoms with E-state index in [0.717, 1.165) is 41.3 Å². The third-order valence-corrected chi connectivity index (χ3v) is 8.20. The molecule has 3 heterocycles. The van der Waals surface area contributed by atoms with Gasteiger partial charge < -0.3 is 5.32 Å². The van der Waals surface area contributed by atoms with E-state index in [2.05, 4.69) is 28.5 Å². The Morgan fingerprint density at radius 2 is 2.00 bits per heavy atom. The van der Waals surface area contributed by atoms with Crippen LogP contribution >= 0.6 is 11.3 Å². The number of benzene rings is 2. The van der Waals surface area contributed by atoms with Crippen molar-refractivity contribution in [2.24, 2.45) is 0 Å². The molecule has 7 heteroatoms. The van der Waals surface area contributed by atoms with Gasteiger partial charge in [-0.05, 0) is 36.7 Å². The predicted octanol–water partition coefficient (Wildman–Crippen LogP) is 4.02. The Balaban J connectivity index is 1.63. The Hall–Kier alpha value is -2.48. The fraction of sp³-hybridized carbons (Fsp3) is 0.227. The average molecular weight is 424 g/mol. The number of fused-ring (bicyclic) bond motifs is 1. The number of nitrogens with one attached hydrogen (secondary N) is 1. The van der Waals surface area contributed by atoms with Crippen molar-refractivity contribution in [1.29, 1.82) is 0 Å². The maximum absolute atomic E-state index is 13.5. The Morgan fingerprint density at radius 1 is 1.14 bits per heavy atom. The van der Waals surface area contributed by atoms with Gasteiger partial charge in [0.15, 0.2) is 0 Å². The second kappa shape index (κ2) is 7.40. The summed E-state index contributed by atoms with van der Waals surface area (Å²) >= 11 is 1.56. The third kappa shape index (κ3) is 3.29. The van der Waals surface area contributed by atoms with Crippen molar-refractivity contribution in [1.82, 2.24) is 10.3 Å². The summed E-state index contributed by atoms with van der Waals surface area (Å²) < 4.78 is 28.6. The molecule has 0 amide bonds. The van der Waals surface area contributed by atoms with Crippen LogP contribution in [0.25, 0.3) is 10.6 Å². The van der Waals surface area contributed by atoms with Crippen LogP contribution in [0.5, 0.6) is 0 Å². The van der Waals surface area contributed by atoms with Gasteiger partial charge in [0.2, 0.25) is 0 Å². The summed E-state index contributed by atoms with van der Waals surface area (Å²) in [6.45, 7) is 2.21. The molecule has 0 saturated heterocycles. The highest BCUT2D eigenvalue weighted by Crippen LogP contribution is 2.45. The number of aromatic nitrogens is 1. The molecule has 0 bridgehead atoms. The van der Waals surface area contributed by atoms with Crippen molar-refractivity contribution in [2.75, 3.05) is 23.9 Å². The molecule has 148 valence electrons. The number of thiazole rings is 1. The normalized spacial score (nSPS) is 19.1. The van der Waals surface area contributed by atoms with Gasteiger partial charge in [0.25, 0.3) is 10.0 Å². The minimum absolute atomic E-state index is 0.0935. The van der Waals surface area contributed by atoms with Crippen LogP contribution in [0.2, 0.25) is 0 Å². The number of hydrogen-bond acceptors (Lipinski definition) is 5. The van der Waals surface area contributed by atoms with Gasteiger partial charge in [-0.3, -0.25) is 4.31 Å². The Morgan fingerprint density at radius 3 is 2.72 bits per heavy atom. The first-order valence-corrected chi connectivity index (χ1v) is 12.0. The quantitative estimate of drug-likeness (QED) is 0.644. The zero-order chi connectivity index (χ0) is 19.8. The van der Waals surface area contributed by atoms with Gasteiger partial charge in [-0.2, -0.15) is 0 Å². The molecule has 0 fully saturated rings. The first-order valence-electron chi connectivity index (χ1n) is 9.66. The van der Waals surface area contributed by atoms with Crippen molar-refractivity contribution in [2.45, 2.75) is 17.2 Å². The molecule has 0 saturated carbocycles. The molecule has 1 N–H and O–H groups in total. The van der Waals surface area contributed by atoms with Crippen LogP contribution in [0, 0.1) is 0 Å². The van der Waals surface area contributed by atoms with Gasteiger partial charge in [0, 0.05) is 36.1 Å². The molecule has 29 heavy (non-hydrogen) atoms. The molecular weight excluding hydrogens is 402 g/mol. The zero-order valence-electron chi connectivity index (χ0n) is 15.8.